The van der Waals surface area contributed by atoms with Gasteiger partial charge in [0.2, 0.25) is 0 Å². The molecule has 0 fully saturated rings. The molecule has 0 bridgehead atoms. The summed E-state index contributed by atoms with van der Waals surface area (Å²) >= 11 is 12.3. The summed E-state index contributed by atoms with van der Waals surface area (Å²) in [7, 11) is 0. The second kappa shape index (κ2) is 9.69. The fraction of sp³-hybridized carbons (Fsp3) is 0. The molecule has 4 aromatic carbocycles. The van der Waals surface area contributed by atoms with E-state index in [4.69, 9.17) is 28.9 Å². The van der Waals surface area contributed by atoms with Crippen LogP contribution < -0.4 is 5.73 Å². The number of nitrogens with zero attached hydrogens (tertiary/aromatic N) is 3. The number of aromatic nitrogens is 4. The molecule has 2 heterocycles. The van der Waals surface area contributed by atoms with Gasteiger partial charge >= 0.3 is 0 Å². The van der Waals surface area contributed by atoms with Gasteiger partial charge in [-0.25, -0.2) is 0 Å². The molecule has 8 nitrogen and oxygen atoms in total. The summed E-state index contributed by atoms with van der Waals surface area (Å²) in [4.78, 5) is 10.3. The van der Waals surface area contributed by atoms with Crippen LogP contribution in [0.2, 0.25) is 10.0 Å². The number of hydrogen-bond donors (Lipinski definition) is 3. The van der Waals surface area contributed by atoms with Crippen molar-refractivity contribution in [3.8, 4) is 22.5 Å². The van der Waals surface area contributed by atoms with E-state index in [1.165, 1.54) is 12.1 Å². The van der Waals surface area contributed by atoms with Crippen LogP contribution in [-0.2, 0) is 0 Å². The molecular formula is C26H18Cl2N6O2. The van der Waals surface area contributed by atoms with Gasteiger partial charge in [-0.05, 0) is 36.4 Å². The Hall–Kier alpha value is -4.40. The number of nitro groups is 1. The number of hydrogen-bond acceptors (Lipinski definition) is 5. The number of benzene rings is 4. The molecule has 0 aliphatic heterocycles. The van der Waals surface area contributed by atoms with Crippen LogP contribution in [0.5, 0.6) is 0 Å². The van der Waals surface area contributed by atoms with Crippen LogP contribution in [-0.4, -0.2) is 25.3 Å². The summed E-state index contributed by atoms with van der Waals surface area (Å²) in [6.07, 6.45) is 0. The van der Waals surface area contributed by atoms with E-state index in [2.05, 4.69) is 20.4 Å². The summed E-state index contributed by atoms with van der Waals surface area (Å²) in [5.41, 5.74) is 11.3. The Morgan fingerprint density at radius 1 is 0.722 bits per heavy atom. The highest BCUT2D eigenvalue weighted by Crippen LogP contribution is 2.33. The third-order valence-electron chi connectivity index (χ3n) is 5.60. The van der Waals surface area contributed by atoms with E-state index in [0.29, 0.717) is 26.9 Å². The highest BCUT2D eigenvalue weighted by molar-refractivity contribution is 6.34. The normalized spacial score (nSPS) is 10.8. The molecule has 0 saturated carbocycles. The molecule has 0 radical (unpaired) electrons. The van der Waals surface area contributed by atoms with Crippen molar-refractivity contribution in [2.75, 3.05) is 5.73 Å². The number of rotatable bonds is 3. The Bertz CT molecular complexity index is 1730. The largest absolute Gasteiger partial charge is 0.399 e. The van der Waals surface area contributed by atoms with Crippen LogP contribution in [0.3, 0.4) is 0 Å². The highest BCUT2D eigenvalue weighted by Gasteiger charge is 2.14. The maximum absolute atomic E-state index is 10.7. The predicted octanol–water partition coefficient (Wildman–Crippen LogP) is 7.26. The van der Waals surface area contributed by atoms with E-state index >= 15 is 0 Å². The molecule has 0 saturated heterocycles. The Balaban J connectivity index is 0.000000149. The molecule has 0 amide bonds. The molecule has 0 aliphatic rings. The SMILES string of the molecule is Nc1ccc2c(-c3ccccc3Cl)n[nH]c2c1.O=[N+]([O-])c1ccc2c(-c3ccccc3Cl)n[nH]c2c1. The lowest BCUT2D eigenvalue weighted by Crippen LogP contribution is -1.86. The maximum atomic E-state index is 10.7. The standard InChI is InChI=1S/C13H8ClN3O2.C13H10ClN3/c14-11-4-2-1-3-9(11)13-10-6-5-8(17(18)19)7-12(10)15-16-13;14-11-4-2-1-3-9(11)13-10-6-5-8(15)7-12(10)16-17-13/h1-7H,(H,15,16);1-7H,15H2,(H,16,17). The molecule has 2 aromatic heterocycles. The van der Waals surface area contributed by atoms with Crippen molar-refractivity contribution in [3.05, 3.63) is 105 Å². The van der Waals surface area contributed by atoms with Crippen molar-refractivity contribution < 1.29 is 4.92 Å². The summed E-state index contributed by atoms with van der Waals surface area (Å²) in [6, 6.07) is 25.3. The van der Waals surface area contributed by atoms with Crippen molar-refractivity contribution in [2.45, 2.75) is 0 Å². The number of halogens is 2. The number of nitrogen functional groups attached to an aromatic ring is 1. The van der Waals surface area contributed by atoms with Gasteiger partial charge in [0.1, 0.15) is 11.4 Å². The molecule has 178 valence electrons. The van der Waals surface area contributed by atoms with E-state index in [1.54, 1.807) is 12.1 Å². The van der Waals surface area contributed by atoms with Gasteiger partial charge in [-0.15, -0.1) is 0 Å². The lowest BCUT2D eigenvalue weighted by molar-refractivity contribution is -0.384. The van der Waals surface area contributed by atoms with E-state index in [-0.39, 0.29) is 5.69 Å². The first kappa shape index (κ1) is 23.3. The van der Waals surface area contributed by atoms with Gasteiger partial charge in [0.05, 0.1) is 26.0 Å². The first-order chi connectivity index (χ1) is 17.4. The topological polar surface area (TPSA) is 127 Å². The number of fused-ring (bicyclic) bond motifs is 2. The molecule has 0 atom stereocenters. The van der Waals surface area contributed by atoms with Crippen molar-refractivity contribution in [2.24, 2.45) is 0 Å². The molecular weight excluding hydrogens is 499 g/mol. The first-order valence-electron chi connectivity index (χ1n) is 10.8. The zero-order chi connectivity index (χ0) is 25.2. The molecule has 6 rings (SSSR count). The monoisotopic (exact) mass is 516 g/mol. The zero-order valence-corrected chi connectivity index (χ0v) is 20.1. The van der Waals surface area contributed by atoms with Crippen molar-refractivity contribution >= 4 is 56.4 Å². The predicted molar refractivity (Wildman–Crippen MR) is 144 cm³/mol. The number of H-pyrrole nitrogens is 2. The molecule has 0 aliphatic carbocycles. The van der Waals surface area contributed by atoms with E-state index < -0.39 is 4.92 Å². The number of nitro benzene ring substituents is 1. The van der Waals surface area contributed by atoms with Gasteiger partial charge in [-0.1, -0.05) is 59.6 Å². The Kier molecular flexibility index (Phi) is 6.28. The average molecular weight is 517 g/mol. The van der Waals surface area contributed by atoms with Gasteiger partial charge in [0, 0.05) is 39.7 Å². The van der Waals surface area contributed by atoms with Crippen LogP contribution in [0.4, 0.5) is 11.4 Å². The Labute approximate surface area is 214 Å². The van der Waals surface area contributed by atoms with Crippen LogP contribution in [0, 0.1) is 10.1 Å². The smallest absolute Gasteiger partial charge is 0.271 e. The van der Waals surface area contributed by atoms with Crippen molar-refractivity contribution in [3.63, 3.8) is 0 Å². The summed E-state index contributed by atoms with van der Waals surface area (Å²) in [5.74, 6) is 0. The minimum atomic E-state index is -0.435. The summed E-state index contributed by atoms with van der Waals surface area (Å²) < 4.78 is 0. The number of non-ortho nitro benzene ring substituents is 1. The van der Waals surface area contributed by atoms with Crippen LogP contribution in [0.1, 0.15) is 0 Å². The van der Waals surface area contributed by atoms with E-state index in [9.17, 15) is 10.1 Å². The second-order valence-electron chi connectivity index (χ2n) is 7.90. The molecule has 0 spiro atoms. The number of nitrogens with two attached hydrogens (primary N) is 1. The quantitative estimate of drug-likeness (QED) is 0.129. The number of anilines is 1. The number of aromatic amines is 2. The average Bonchev–Trinajstić information content (AvgIpc) is 3.48. The minimum absolute atomic E-state index is 0.0295. The van der Waals surface area contributed by atoms with Crippen LogP contribution in [0.25, 0.3) is 44.3 Å². The van der Waals surface area contributed by atoms with Crippen molar-refractivity contribution in [1.82, 2.24) is 20.4 Å². The lowest BCUT2D eigenvalue weighted by atomic mass is 10.1. The molecule has 4 N–H and O–H groups in total. The Morgan fingerprint density at radius 3 is 1.75 bits per heavy atom. The fourth-order valence-corrected chi connectivity index (χ4v) is 4.33. The van der Waals surface area contributed by atoms with Gasteiger partial charge in [0.25, 0.3) is 5.69 Å². The van der Waals surface area contributed by atoms with E-state index in [1.807, 2.05) is 60.7 Å². The van der Waals surface area contributed by atoms with Crippen LogP contribution >= 0.6 is 23.2 Å². The summed E-state index contributed by atoms with van der Waals surface area (Å²) in [6.45, 7) is 0. The Morgan fingerprint density at radius 2 is 1.22 bits per heavy atom. The second-order valence-corrected chi connectivity index (χ2v) is 8.71. The van der Waals surface area contributed by atoms with Crippen molar-refractivity contribution in [1.29, 1.82) is 0 Å². The molecule has 36 heavy (non-hydrogen) atoms. The lowest BCUT2D eigenvalue weighted by Gasteiger charge is -2.00. The maximum Gasteiger partial charge on any atom is 0.271 e. The first-order valence-corrected chi connectivity index (χ1v) is 11.5. The molecule has 10 heteroatoms. The summed E-state index contributed by atoms with van der Waals surface area (Å²) in [5, 5.41) is 28.1. The highest BCUT2D eigenvalue weighted by atomic mass is 35.5. The number of nitrogens with one attached hydrogen (secondary N) is 2. The van der Waals surface area contributed by atoms with Crippen LogP contribution in [0.15, 0.2) is 84.9 Å². The van der Waals surface area contributed by atoms with Gasteiger partial charge in [-0.3, -0.25) is 20.3 Å². The zero-order valence-electron chi connectivity index (χ0n) is 18.6. The molecule has 0 unspecified atom stereocenters. The third kappa shape index (κ3) is 4.47. The van der Waals surface area contributed by atoms with Gasteiger partial charge in [0.15, 0.2) is 0 Å². The van der Waals surface area contributed by atoms with Gasteiger partial charge < -0.3 is 5.73 Å². The fourth-order valence-electron chi connectivity index (χ4n) is 3.88. The van der Waals surface area contributed by atoms with E-state index in [0.717, 1.165) is 33.1 Å². The third-order valence-corrected chi connectivity index (χ3v) is 6.26. The minimum Gasteiger partial charge on any atom is -0.399 e. The molecule has 6 aromatic rings. The van der Waals surface area contributed by atoms with Gasteiger partial charge in [-0.2, -0.15) is 10.2 Å².